The van der Waals surface area contributed by atoms with Gasteiger partial charge in [-0.2, -0.15) is 0 Å². The molecule has 2 saturated heterocycles. The number of carbonyl (C=O) groups excluding carboxylic acids is 7. The second-order valence-corrected chi connectivity index (χ2v) is 12.7. The van der Waals surface area contributed by atoms with Gasteiger partial charge in [-0.05, 0) is 20.3 Å². The number of esters is 4. The van der Waals surface area contributed by atoms with Crippen LogP contribution in [-0.4, -0.2) is 218 Å². The maximum atomic E-state index is 11.5. The lowest BCUT2D eigenvalue weighted by Crippen LogP contribution is -2.49. The van der Waals surface area contributed by atoms with E-state index in [-0.39, 0.29) is 96.1 Å². The topological polar surface area (TPSA) is 371 Å². The Bertz CT molecular complexity index is 1550. The lowest BCUT2D eigenvalue weighted by atomic mass is 10.2. The van der Waals surface area contributed by atoms with Crippen LogP contribution in [0.25, 0.3) is 0 Å². The minimum Gasteiger partial charge on any atom is -0.480 e. The van der Waals surface area contributed by atoms with Gasteiger partial charge in [0.05, 0.1) is 65.5 Å². The van der Waals surface area contributed by atoms with Crippen LogP contribution in [0.5, 0.6) is 0 Å². The Balaban J connectivity index is 0.000000452. The maximum absolute atomic E-state index is 11.5. The van der Waals surface area contributed by atoms with Crippen molar-refractivity contribution in [2.24, 2.45) is 0 Å². The quantitative estimate of drug-likeness (QED) is 0.0398. The number of carboxylic acid groups (broad SMARTS) is 3. The summed E-state index contributed by atoms with van der Waals surface area (Å²) >= 11 is 0. The van der Waals surface area contributed by atoms with Gasteiger partial charge in [-0.25, -0.2) is 0 Å². The summed E-state index contributed by atoms with van der Waals surface area (Å²) < 4.78 is 8.76. The standard InChI is InChI=1S/C12H21N3O7.C11H18N6O3.C10H12N2O6/c1-2-13-9(16)5-14(6-10(17)18)3-4-15(7-11(19)20)8-12(21)22;1-8-14-16-9(17-15-8)7-13-11(20)4-2-3-10(19)12-5-6-18;13-7-3-11(4-8(14)17-7)1-2-12-5-9(15)18-10(16)6-12/h2-8H2,1H3,(H,13,16)(H,17,18)(H,19,20)(H,21,22);18H,2-7H2,1H3,(H,12,19)(H,13,20);1-6H2. The number of nitrogens with one attached hydrogen (secondary N) is 3. The second-order valence-electron chi connectivity index (χ2n) is 12.7. The highest BCUT2D eigenvalue weighted by molar-refractivity contribution is 5.90. The molecule has 3 heterocycles. The average Bonchev–Trinajstić information content (AvgIpc) is 3.14. The number of hydrogen-bond acceptors (Lipinski definition) is 21. The average molecular weight is 858 g/mol. The molecule has 7 N–H and O–H groups in total. The Morgan fingerprint density at radius 3 is 1.45 bits per heavy atom. The first-order valence-electron chi connectivity index (χ1n) is 18.3. The number of hydrogen-bond donors (Lipinski definition) is 7. The summed E-state index contributed by atoms with van der Waals surface area (Å²) in [4.78, 5) is 116. The van der Waals surface area contributed by atoms with Crippen LogP contribution in [0.1, 0.15) is 37.8 Å². The third kappa shape index (κ3) is 26.0. The van der Waals surface area contributed by atoms with E-state index in [2.05, 4.69) is 45.8 Å². The van der Waals surface area contributed by atoms with Gasteiger partial charge >= 0.3 is 41.8 Å². The number of aliphatic carboxylic acids is 3. The predicted molar refractivity (Wildman–Crippen MR) is 198 cm³/mol. The van der Waals surface area contributed by atoms with Gasteiger partial charge in [0.2, 0.25) is 17.7 Å². The molecule has 27 heteroatoms. The summed E-state index contributed by atoms with van der Waals surface area (Å²) in [6, 6.07) is 0. The zero-order valence-electron chi connectivity index (χ0n) is 33.2. The molecule has 60 heavy (non-hydrogen) atoms. The second kappa shape index (κ2) is 29.1. The van der Waals surface area contributed by atoms with Crippen molar-refractivity contribution in [3.05, 3.63) is 11.6 Å². The normalized spacial score (nSPS) is 14.2. The number of aromatic nitrogens is 4. The lowest BCUT2D eigenvalue weighted by molar-refractivity contribution is -0.170. The van der Waals surface area contributed by atoms with Crippen LogP contribution in [0.2, 0.25) is 0 Å². The van der Waals surface area contributed by atoms with Crippen molar-refractivity contribution < 1.29 is 77.8 Å². The molecule has 0 spiro atoms. The van der Waals surface area contributed by atoms with Gasteiger partial charge < -0.3 is 45.9 Å². The van der Waals surface area contributed by atoms with Crippen LogP contribution >= 0.6 is 0 Å². The first-order chi connectivity index (χ1) is 28.4. The van der Waals surface area contributed by atoms with E-state index in [0.717, 1.165) is 4.90 Å². The summed E-state index contributed by atoms with van der Waals surface area (Å²) in [6.07, 6.45) is 0.922. The van der Waals surface area contributed by atoms with Gasteiger partial charge in [0.25, 0.3) is 0 Å². The van der Waals surface area contributed by atoms with E-state index >= 15 is 0 Å². The van der Waals surface area contributed by atoms with Gasteiger partial charge in [-0.3, -0.25) is 67.5 Å². The minimum absolute atomic E-state index is 0.0191. The van der Waals surface area contributed by atoms with Crippen molar-refractivity contribution in [3.63, 3.8) is 0 Å². The van der Waals surface area contributed by atoms with Crippen molar-refractivity contribution in [2.75, 3.05) is 98.2 Å². The van der Waals surface area contributed by atoms with Gasteiger partial charge in [-0.15, -0.1) is 20.4 Å². The summed E-state index contributed by atoms with van der Waals surface area (Å²) in [6.45, 7) is 3.64. The molecule has 0 aromatic carbocycles. The first-order valence-corrected chi connectivity index (χ1v) is 18.3. The van der Waals surface area contributed by atoms with Crippen LogP contribution in [0.15, 0.2) is 0 Å². The molecule has 0 saturated carbocycles. The van der Waals surface area contributed by atoms with Crippen molar-refractivity contribution in [3.8, 4) is 0 Å². The Hall–Kier alpha value is -6.16. The number of aryl methyl sites for hydroxylation is 1. The third-order valence-electron chi connectivity index (χ3n) is 7.45. The minimum atomic E-state index is -1.19. The van der Waals surface area contributed by atoms with Crippen LogP contribution in [0.3, 0.4) is 0 Å². The van der Waals surface area contributed by atoms with E-state index in [1.807, 2.05) is 0 Å². The molecule has 0 radical (unpaired) electrons. The van der Waals surface area contributed by atoms with Gasteiger partial charge in [0, 0.05) is 52.1 Å². The molecule has 2 fully saturated rings. The molecular weight excluding hydrogens is 806 g/mol. The summed E-state index contributed by atoms with van der Waals surface area (Å²) in [5, 5.41) is 57.4. The molecule has 3 rings (SSSR count). The number of amides is 3. The summed E-state index contributed by atoms with van der Waals surface area (Å²) in [5.74, 6) is -5.75. The molecule has 27 nitrogen and oxygen atoms in total. The number of rotatable bonds is 23. The Labute approximate surface area is 342 Å². The molecule has 2 aliphatic rings. The zero-order chi connectivity index (χ0) is 45.0. The fraction of sp³-hybridized carbons (Fsp3) is 0.636. The lowest BCUT2D eigenvalue weighted by Gasteiger charge is -2.28. The number of nitrogens with zero attached hydrogens (tertiary/aromatic N) is 8. The highest BCUT2D eigenvalue weighted by atomic mass is 16.6. The van der Waals surface area contributed by atoms with E-state index in [1.54, 1.807) is 23.6 Å². The van der Waals surface area contributed by atoms with E-state index in [0.29, 0.717) is 37.7 Å². The van der Waals surface area contributed by atoms with Crippen molar-refractivity contribution in [1.29, 1.82) is 0 Å². The number of aliphatic hydroxyl groups excluding tert-OH is 1. The fourth-order valence-electron chi connectivity index (χ4n) is 4.90. The van der Waals surface area contributed by atoms with Crippen molar-refractivity contribution in [2.45, 2.75) is 39.7 Å². The van der Waals surface area contributed by atoms with Crippen LogP contribution in [0.4, 0.5) is 0 Å². The van der Waals surface area contributed by atoms with Crippen LogP contribution in [-0.2, 0) is 64.0 Å². The fourth-order valence-corrected chi connectivity index (χ4v) is 4.90. The molecule has 0 atom stereocenters. The van der Waals surface area contributed by atoms with Crippen LogP contribution < -0.4 is 16.0 Å². The molecule has 0 aliphatic carbocycles. The molecule has 0 bridgehead atoms. The summed E-state index contributed by atoms with van der Waals surface area (Å²) in [7, 11) is 0. The monoisotopic (exact) mass is 857 g/mol. The third-order valence-corrected chi connectivity index (χ3v) is 7.45. The highest BCUT2D eigenvalue weighted by Crippen LogP contribution is 2.04. The highest BCUT2D eigenvalue weighted by Gasteiger charge is 2.28. The van der Waals surface area contributed by atoms with Crippen molar-refractivity contribution in [1.82, 2.24) is 55.9 Å². The number of aliphatic hydroxyl groups is 1. The van der Waals surface area contributed by atoms with Crippen molar-refractivity contribution >= 4 is 59.5 Å². The predicted octanol–water partition coefficient (Wildman–Crippen LogP) is -5.79. The Kier molecular flexibility index (Phi) is 25.2. The van der Waals surface area contributed by atoms with E-state index < -0.39 is 61.4 Å². The zero-order valence-corrected chi connectivity index (χ0v) is 33.2. The van der Waals surface area contributed by atoms with E-state index in [4.69, 9.17) is 20.4 Å². The SMILES string of the molecule is CCNC(=O)CN(CCN(CC(=O)O)CC(=O)O)CC(=O)O.Cc1nnc(CNC(=O)CCCC(=O)NCCO)nn1.O=C1CN(CCN2CC(=O)OC(=O)C2)CC(=O)O1. The molecule has 2 aliphatic heterocycles. The number of ether oxygens (including phenoxy) is 2. The Morgan fingerprint density at radius 2 is 1.05 bits per heavy atom. The molecule has 1 aromatic heterocycles. The van der Waals surface area contributed by atoms with Crippen LogP contribution in [0, 0.1) is 6.92 Å². The number of carboxylic acids is 3. The first kappa shape index (κ1) is 51.9. The Morgan fingerprint density at radius 1 is 0.633 bits per heavy atom. The number of cyclic esters (lactones) is 4. The molecule has 334 valence electrons. The summed E-state index contributed by atoms with van der Waals surface area (Å²) in [5.41, 5.74) is 0. The van der Waals surface area contributed by atoms with Gasteiger partial charge in [-0.1, -0.05) is 0 Å². The molecule has 0 unspecified atom stereocenters. The van der Waals surface area contributed by atoms with E-state index in [9.17, 15) is 47.9 Å². The maximum Gasteiger partial charge on any atom is 0.327 e. The molecule has 3 amide bonds. The number of carbonyl (C=O) groups is 10. The van der Waals surface area contributed by atoms with E-state index in [1.165, 1.54) is 4.90 Å². The smallest absolute Gasteiger partial charge is 0.327 e. The van der Waals surface area contributed by atoms with Gasteiger partial charge in [0.1, 0.15) is 0 Å². The largest absolute Gasteiger partial charge is 0.480 e. The molecule has 1 aromatic rings. The molecular formula is C33H51N11O16. The van der Waals surface area contributed by atoms with Gasteiger partial charge in [0.15, 0.2) is 11.6 Å². The number of likely N-dealkylation sites (N-methyl/N-ethyl adjacent to an activating group) is 1. The number of morpholine rings is 2.